The Balaban J connectivity index is 2.80. The number of allylic oxidation sites excluding steroid dienone is 16. The van der Waals surface area contributed by atoms with E-state index in [2.05, 4.69) is 99.8 Å². The molecule has 0 aromatic carbocycles. The molecule has 1 saturated heterocycles. The van der Waals surface area contributed by atoms with Crippen LogP contribution in [0, 0.1) is 0 Å². The third-order valence-corrected chi connectivity index (χ3v) is 11.1. The Kier molecular flexibility index (Phi) is 40.7. The maximum absolute atomic E-state index is 13.1. The molecule has 69 heavy (non-hydrogen) atoms. The van der Waals surface area contributed by atoms with Crippen molar-refractivity contribution in [3.63, 3.8) is 0 Å². The fourth-order valence-electron chi connectivity index (χ4n) is 7.10. The van der Waals surface area contributed by atoms with Gasteiger partial charge >= 0.3 is 23.9 Å². The van der Waals surface area contributed by atoms with Crippen LogP contribution in [0.4, 0.5) is 0 Å². The van der Waals surface area contributed by atoms with E-state index >= 15 is 0 Å². The Morgan fingerprint density at radius 3 is 1.45 bits per heavy atom. The van der Waals surface area contributed by atoms with Crippen LogP contribution in [0.3, 0.4) is 0 Å². The van der Waals surface area contributed by atoms with Crippen molar-refractivity contribution in [3.05, 3.63) is 97.2 Å². The first kappa shape index (κ1) is 62.7. The number of carbonyl (C=O) groups excluding carboxylic acids is 3. The number of aliphatic hydroxyl groups is 2. The summed E-state index contributed by atoms with van der Waals surface area (Å²) < 4.78 is 28.2. The normalized spacial score (nSPS) is 19.5. The number of hydrogen-bond acceptors (Lipinski definition) is 11. The van der Waals surface area contributed by atoms with Crippen LogP contribution in [-0.2, 0) is 42.9 Å². The molecule has 6 atom stereocenters. The van der Waals surface area contributed by atoms with Gasteiger partial charge in [-0.15, -0.1) is 0 Å². The molecule has 3 N–H and O–H groups in total. The summed E-state index contributed by atoms with van der Waals surface area (Å²) in [5.41, 5.74) is 0. The van der Waals surface area contributed by atoms with Crippen molar-refractivity contribution in [1.82, 2.24) is 0 Å². The molecule has 0 aromatic rings. The molecule has 0 bridgehead atoms. The molecule has 1 rings (SSSR count). The number of hydrogen-bond donors (Lipinski definition) is 3. The Morgan fingerprint density at radius 2 is 0.942 bits per heavy atom. The Hall–Kier alpha value is -4.36. The molecule has 0 aliphatic carbocycles. The highest BCUT2D eigenvalue weighted by molar-refractivity contribution is 5.74. The zero-order chi connectivity index (χ0) is 50.4. The highest BCUT2D eigenvalue weighted by Crippen LogP contribution is 2.26. The van der Waals surface area contributed by atoms with E-state index in [4.69, 9.17) is 23.7 Å². The molecular formula is C57H90O12. The summed E-state index contributed by atoms with van der Waals surface area (Å²) in [6.45, 7) is 5.65. The van der Waals surface area contributed by atoms with Crippen LogP contribution in [0.25, 0.3) is 0 Å². The van der Waals surface area contributed by atoms with Crippen LogP contribution < -0.4 is 0 Å². The molecule has 6 unspecified atom stereocenters. The molecule has 12 heteroatoms. The maximum atomic E-state index is 13.1. The van der Waals surface area contributed by atoms with E-state index in [0.717, 1.165) is 122 Å². The van der Waals surface area contributed by atoms with Crippen LogP contribution >= 0.6 is 0 Å². The molecule has 1 heterocycles. The first-order valence-electron chi connectivity index (χ1n) is 26.2. The van der Waals surface area contributed by atoms with Crippen molar-refractivity contribution in [2.24, 2.45) is 0 Å². The summed E-state index contributed by atoms with van der Waals surface area (Å²) in [5, 5.41) is 31.3. The second kappa shape index (κ2) is 44.8. The van der Waals surface area contributed by atoms with E-state index in [1.54, 1.807) is 0 Å². The largest absolute Gasteiger partial charge is 0.479 e. The van der Waals surface area contributed by atoms with Gasteiger partial charge in [-0.25, -0.2) is 4.79 Å². The molecular weight excluding hydrogens is 877 g/mol. The quantitative estimate of drug-likeness (QED) is 0.0229. The van der Waals surface area contributed by atoms with Gasteiger partial charge in [0.25, 0.3) is 0 Å². The molecule has 12 nitrogen and oxygen atoms in total. The van der Waals surface area contributed by atoms with Gasteiger partial charge in [0.05, 0.1) is 6.61 Å². The number of carbonyl (C=O) groups is 4. The first-order valence-corrected chi connectivity index (χ1v) is 26.2. The third-order valence-electron chi connectivity index (χ3n) is 11.1. The smallest absolute Gasteiger partial charge is 0.335 e. The summed E-state index contributed by atoms with van der Waals surface area (Å²) in [6.07, 6.45) is 45.5. The van der Waals surface area contributed by atoms with E-state index in [9.17, 15) is 34.5 Å². The van der Waals surface area contributed by atoms with Gasteiger partial charge in [0.15, 0.2) is 24.6 Å². The number of carboxylic acids is 1. The van der Waals surface area contributed by atoms with E-state index in [-0.39, 0.29) is 25.9 Å². The minimum absolute atomic E-state index is 0.0680. The van der Waals surface area contributed by atoms with Gasteiger partial charge in [-0.05, 0) is 96.3 Å². The number of rotatable bonds is 42. The third kappa shape index (κ3) is 35.4. The maximum Gasteiger partial charge on any atom is 0.335 e. The summed E-state index contributed by atoms with van der Waals surface area (Å²) >= 11 is 0. The van der Waals surface area contributed by atoms with Crippen molar-refractivity contribution in [1.29, 1.82) is 0 Å². The fourth-order valence-corrected chi connectivity index (χ4v) is 7.10. The summed E-state index contributed by atoms with van der Waals surface area (Å²) in [7, 11) is 0. The zero-order valence-corrected chi connectivity index (χ0v) is 42.5. The van der Waals surface area contributed by atoms with Crippen molar-refractivity contribution >= 4 is 23.9 Å². The predicted molar refractivity (Wildman–Crippen MR) is 275 cm³/mol. The molecule has 1 fully saturated rings. The molecule has 0 saturated carbocycles. The molecule has 0 spiro atoms. The number of aliphatic carboxylic acids is 1. The van der Waals surface area contributed by atoms with Gasteiger partial charge in [-0.2, -0.15) is 0 Å². The lowest BCUT2D eigenvalue weighted by Crippen LogP contribution is -2.61. The van der Waals surface area contributed by atoms with Gasteiger partial charge in [0.2, 0.25) is 0 Å². The average Bonchev–Trinajstić information content (AvgIpc) is 3.33. The van der Waals surface area contributed by atoms with Gasteiger partial charge in [-0.3, -0.25) is 14.4 Å². The van der Waals surface area contributed by atoms with Crippen LogP contribution in [0.1, 0.15) is 188 Å². The number of aliphatic hydroxyl groups excluding tert-OH is 2. The minimum atomic E-state index is -1.93. The number of carboxylic acid groups (broad SMARTS) is 1. The first-order chi connectivity index (χ1) is 33.6. The van der Waals surface area contributed by atoms with E-state index in [1.165, 1.54) is 0 Å². The van der Waals surface area contributed by atoms with Crippen molar-refractivity contribution in [2.75, 3.05) is 13.2 Å². The molecule has 1 aliphatic heterocycles. The van der Waals surface area contributed by atoms with Crippen LogP contribution in [0.15, 0.2) is 97.2 Å². The number of ether oxygens (including phenoxy) is 5. The number of esters is 3. The SMILES string of the molecule is CC/C=C\C/C=C\C/C=C\C/C=C\CCC(=O)OC1C(OCC(COC(=O)CCCCCCC/C=C\C/C=C\CCC)OC(=O)CCCCCCC/C=C\C/C=C\CCC)OC(C(=O)O)C(O)C1O. The molecule has 390 valence electrons. The van der Waals surface area contributed by atoms with Gasteiger partial charge in [-0.1, -0.05) is 169 Å². The van der Waals surface area contributed by atoms with Gasteiger partial charge in [0.1, 0.15) is 18.8 Å². The molecule has 0 radical (unpaired) electrons. The van der Waals surface area contributed by atoms with Crippen LogP contribution in [0.5, 0.6) is 0 Å². The van der Waals surface area contributed by atoms with E-state index in [1.807, 2.05) is 18.2 Å². The van der Waals surface area contributed by atoms with E-state index in [0.29, 0.717) is 25.7 Å². The van der Waals surface area contributed by atoms with Gasteiger partial charge in [0, 0.05) is 19.3 Å². The Morgan fingerprint density at radius 1 is 0.493 bits per heavy atom. The lowest BCUT2D eigenvalue weighted by molar-refractivity contribution is -0.301. The monoisotopic (exact) mass is 967 g/mol. The van der Waals surface area contributed by atoms with Crippen molar-refractivity contribution in [3.8, 4) is 0 Å². The Labute approximate surface area is 415 Å². The summed E-state index contributed by atoms with van der Waals surface area (Å²) in [5.74, 6) is -3.28. The minimum Gasteiger partial charge on any atom is -0.479 e. The predicted octanol–water partition coefficient (Wildman–Crippen LogP) is 12.6. The second-order valence-electron chi connectivity index (χ2n) is 17.4. The summed E-state index contributed by atoms with van der Waals surface area (Å²) in [4.78, 5) is 50.8. The second-order valence-corrected chi connectivity index (χ2v) is 17.4. The number of unbranched alkanes of at least 4 members (excludes halogenated alkanes) is 12. The van der Waals surface area contributed by atoms with Crippen molar-refractivity contribution in [2.45, 2.75) is 225 Å². The highest BCUT2D eigenvalue weighted by Gasteiger charge is 2.50. The molecule has 0 aromatic heterocycles. The average molecular weight is 967 g/mol. The fraction of sp³-hybridized carbons (Fsp3) is 0.649. The standard InChI is InChI=1S/C57H90O12/c1-4-7-10-13-16-19-22-25-28-31-34-37-40-43-49(58)65-46-48(67-50(59)44-41-38-35-32-29-26-23-20-17-14-11-8-5-2)47-66-57-55(53(62)52(61)54(69-57)56(63)64)68-51(60)45-42-39-36-33-30-27-24-21-18-15-12-9-6-3/h9-14,18-23,27,30,36,39,48,52-55,57,61-62H,4-8,15-17,24-26,28-29,31-35,37-38,40-47H2,1-3H3,(H,63,64)/b12-9-,13-10-,14-11-,21-18-,22-19-,23-20-,30-27-,39-36-. The van der Waals surface area contributed by atoms with E-state index < -0.39 is 67.3 Å². The molecule has 1 aliphatic rings. The van der Waals surface area contributed by atoms with Crippen LogP contribution in [0.2, 0.25) is 0 Å². The lowest BCUT2D eigenvalue weighted by Gasteiger charge is -2.40. The summed E-state index contributed by atoms with van der Waals surface area (Å²) in [6, 6.07) is 0. The zero-order valence-electron chi connectivity index (χ0n) is 42.5. The molecule has 0 amide bonds. The highest BCUT2D eigenvalue weighted by atomic mass is 16.7. The Bertz CT molecular complexity index is 1570. The van der Waals surface area contributed by atoms with Crippen molar-refractivity contribution < 1.29 is 58.2 Å². The topological polar surface area (TPSA) is 175 Å². The van der Waals surface area contributed by atoms with Gasteiger partial charge < -0.3 is 39.0 Å². The lowest BCUT2D eigenvalue weighted by atomic mass is 9.98. The van der Waals surface area contributed by atoms with Crippen LogP contribution in [-0.4, -0.2) is 89.2 Å².